The first-order valence-corrected chi connectivity index (χ1v) is 13.2. The lowest BCUT2D eigenvalue weighted by Gasteiger charge is -2.28. The van der Waals surface area contributed by atoms with Crippen molar-refractivity contribution in [3.8, 4) is 5.75 Å². The summed E-state index contributed by atoms with van der Waals surface area (Å²) in [7, 11) is 0. The van der Waals surface area contributed by atoms with Crippen LogP contribution in [0.3, 0.4) is 0 Å². The van der Waals surface area contributed by atoms with Gasteiger partial charge in [0.2, 0.25) is 5.78 Å². The molecule has 0 spiro atoms. The molecule has 7 heteroatoms. The fourth-order valence-electron chi connectivity index (χ4n) is 4.87. The number of ether oxygens (including phenoxy) is 1. The van der Waals surface area contributed by atoms with E-state index in [2.05, 4.69) is 20.8 Å². The number of carbonyl (C=O) groups excluding carboxylic acids is 2. The average molecular weight is 544 g/mol. The Hall–Kier alpha value is -4.03. The molecule has 0 bridgehead atoms. The lowest BCUT2D eigenvalue weighted by Crippen LogP contribution is -2.30. The molecule has 2 heterocycles. The van der Waals surface area contributed by atoms with Crippen molar-refractivity contribution in [2.75, 3.05) is 6.61 Å². The number of furan rings is 1. The third-order valence-corrected chi connectivity index (χ3v) is 7.17. The van der Waals surface area contributed by atoms with Crippen LogP contribution in [-0.4, -0.2) is 28.3 Å². The second kappa shape index (κ2) is 10.3. The molecule has 1 atom stereocenters. The topological polar surface area (TPSA) is 80.0 Å². The maximum absolute atomic E-state index is 13.8. The van der Waals surface area contributed by atoms with Gasteiger partial charge in [0.05, 0.1) is 18.2 Å². The molecule has 200 valence electrons. The monoisotopic (exact) mass is 543 g/mol. The van der Waals surface area contributed by atoms with Crippen LogP contribution in [0.25, 0.3) is 11.0 Å². The van der Waals surface area contributed by atoms with E-state index >= 15 is 0 Å². The maximum atomic E-state index is 13.8. The van der Waals surface area contributed by atoms with Crippen molar-refractivity contribution in [1.29, 1.82) is 0 Å². The van der Waals surface area contributed by atoms with Gasteiger partial charge in [-0.3, -0.25) is 9.59 Å². The molecule has 5 rings (SSSR count). The first-order valence-electron chi connectivity index (χ1n) is 12.9. The number of rotatable bonds is 7. The number of fused-ring (bicyclic) bond motifs is 1. The molecule has 1 N–H and O–H groups in total. The second-order valence-corrected chi connectivity index (χ2v) is 11.1. The van der Waals surface area contributed by atoms with E-state index in [1.165, 1.54) is 4.90 Å². The van der Waals surface area contributed by atoms with E-state index < -0.39 is 23.5 Å². The van der Waals surface area contributed by atoms with Crippen molar-refractivity contribution in [2.24, 2.45) is 0 Å². The van der Waals surface area contributed by atoms with Crippen LogP contribution in [0.2, 0.25) is 5.02 Å². The number of nitrogens with zero attached hydrogens (tertiary/aromatic N) is 1. The van der Waals surface area contributed by atoms with E-state index in [4.69, 9.17) is 20.8 Å². The number of hydrogen-bond acceptors (Lipinski definition) is 5. The Morgan fingerprint density at radius 2 is 1.72 bits per heavy atom. The number of ketones is 1. The number of hydrogen-bond donors (Lipinski definition) is 1. The highest BCUT2D eigenvalue weighted by molar-refractivity contribution is 6.31. The minimum atomic E-state index is -0.803. The molecule has 4 aromatic rings. The predicted molar refractivity (Wildman–Crippen MR) is 151 cm³/mol. The first kappa shape index (κ1) is 26.6. The molecule has 0 fully saturated rings. The molecule has 0 saturated heterocycles. The molecule has 0 saturated carbocycles. The van der Waals surface area contributed by atoms with Crippen molar-refractivity contribution in [3.05, 3.63) is 112 Å². The average Bonchev–Trinajstić information content (AvgIpc) is 3.43. The Bertz CT molecular complexity index is 1580. The van der Waals surface area contributed by atoms with Crippen LogP contribution in [0.4, 0.5) is 0 Å². The van der Waals surface area contributed by atoms with Gasteiger partial charge in [-0.15, -0.1) is 0 Å². The summed E-state index contributed by atoms with van der Waals surface area (Å²) in [6.07, 6.45) is 0. The number of aliphatic hydroxyl groups is 1. The van der Waals surface area contributed by atoms with Gasteiger partial charge in [0.1, 0.15) is 11.3 Å². The highest BCUT2D eigenvalue weighted by Crippen LogP contribution is 2.41. The van der Waals surface area contributed by atoms with Crippen LogP contribution in [0.15, 0.2) is 88.5 Å². The number of halogens is 1. The summed E-state index contributed by atoms with van der Waals surface area (Å²) < 4.78 is 11.4. The molecule has 1 unspecified atom stereocenters. The summed E-state index contributed by atoms with van der Waals surface area (Å²) in [4.78, 5) is 28.8. The Balaban J connectivity index is 1.56. The highest BCUT2D eigenvalue weighted by Gasteiger charge is 2.44. The fourth-order valence-corrected chi connectivity index (χ4v) is 5.05. The number of benzene rings is 3. The molecule has 0 radical (unpaired) electrons. The molecule has 1 aromatic heterocycles. The van der Waals surface area contributed by atoms with Gasteiger partial charge in [-0.25, -0.2) is 0 Å². The van der Waals surface area contributed by atoms with Crippen LogP contribution in [0.5, 0.6) is 5.75 Å². The zero-order chi connectivity index (χ0) is 27.9. The number of amides is 1. The summed E-state index contributed by atoms with van der Waals surface area (Å²) in [5.41, 5.74) is 3.07. The Labute approximate surface area is 232 Å². The van der Waals surface area contributed by atoms with Gasteiger partial charge in [0, 0.05) is 17.0 Å². The van der Waals surface area contributed by atoms with E-state index in [-0.39, 0.29) is 23.3 Å². The van der Waals surface area contributed by atoms with Gasteiger partial charge in [-0.2, -0.15) is 0 Å². The standard InChI is InChI=1S/C32H30ClNO5/c1-5-38-24-13-6-19(7-14-24)18-34-28(20-8-10-22(11-9-20)32(2,3)4)27(30(36)31(34)37)29(35)26-17-21-16-23(33)12-15-25(21)39-26/h6-17,28,36H,5,18H2,1-4H3. The Morgan fingerprint density at radius 3 is 2.36 bits per heavy atom. The van der Waals surface area contributed by atoms with Crippen LogP contribution >= 0.6 is 11.6 Å². The Morgan fingerprint density at radius 1 is 1.03 bits per heavy atom. The van der Waals surface area contributed by atoms with Crippen molar-refractivity contribution >= 4 is 34.3 Å². The minimum Gasteiger partial charge on any atom is -0.503 e. The fraction of sp³-hybridized carbons (Fsp3) is 0.250. The van der Waals surface area contributed by atoms with Crippen molar-refractivity contribution < 1.29 is 23.8 Å². The molecule has 1 aliphatic rings. The molecule has 0 aliphatic carbocycles. The van der Waals surface area contributed by atoms with Crippen molar-refractivity contribution in [3.63, 3.8) is 0 Å². The van der Waals surface area contributed by atoms with Crippen molar-refractivity contribution in [1.82, 2.24) is 4.90 Å². The summed E-state index contributed by atoms with van der Waals surface area (Å²) in [5, 5.41) is 12.2. The molecule has 3 aromatic carbocycles. The summed E-state index contributed by atoms with van der Waals surface area (Å²) in [6.45, 7) is 9.01. The van der Waals surface area contributed by atoms with Gasteiger partial charge < -0.3 is 19.2 Å². The van der Waals surface area contributed by atoms with Gasteiger partial charge >= 0.3 is 0 Å². The molecule has 6 nitrogen and oxygen atoms in total. The third kappa shape index (κ3) is 5.17. The van der Waals surface area contributed by atoms with Crippen LogP contribution < -0.4 is 4.74 Å². The SMILES string of the molecule is CCOc1ccc(CN2C(=O)C(O)=C(C(=O)c3cc4cc(Cl)ccc4o3)C2c2ccc(C(C)(C)C)cc2)cc1. The third-order valence-electron chi connectivity index (χ3n) is 6.93. The summed E-state index contributed by atoms with van der Waals surface area (Å²) >= 11 is 6.11. The molecule has 1 amide bonds. The summed E-state index contributed by atoms with van der Waals surface area (Å²) in [6, 6.07) is 21.1. The molecular formula is C32H30ClNO5. The van der Waals surface area contributed by atoms with Gasteiger partial charge in [0.15, 0.2) is 11.5 Å². The van der Waals surface area contributed by atoms with E-state index in [0.29, 0.717) is 28.2 Å². The maximum Gasteiger partial charge on any atom is 0.290 e. The van der Waals surface area contributed by atoms with E-state index in [0.717, 1.165) is 16.9 Å². The normalized spacial score (nSPS) is 15.9. The van der Waals surface area contributed by atoms with Crippen LogP contribution in [0.1, 0.15) is 61.0 Å². The molecule has 39 heavy (non-hydrogen) atoms. The van der Waals surface area contributed by atoms with Gasteiger partial charge in [-0.05, 0) is 65.4 Å². The quantitative estimate of drug-likeness (QED) is 0.243. The van der Waals surface area contributed by atoms with E-state index in [9.17, 15) is 14.7 Å². The number of Topliss-reactive ketones (excluding diaryl/α,β-unsaturated/α-hetero) is 1. The van der Waals surface area contributed by atoms with E-state index in [1.54, 1.807) is 24.3 Å². The molecule has 1 aliphatic heterocycles. The van der Waals surface area contributed by atoms with Crippen LogP contribution in [0, 0.1) is 0 Å². The number of aliphatic hydroxyl groups excluding tert-OH is 1. The zero-order valence-electron chi connectivity index (χ0n) is 22.3. The lowest BCUT2D eigenvalue weighted by atomic mass is 9.85. The second-order valence-electron chi connectivity index (χ2n) is 10.7. The van der Waals surface area contributed by atoms with Crippen molar-refractivity contribution in [2.45, 2.75) is 45.7 Å². The van der Waals surface area contributed by atoms with E-state index in [1.807, 2.05) is 55.5 Å². The minimum absolute atomic E-state index is 0.0143. The van der Waals surface area contributed by atoms with Crippen LogP contribution in [-0.2, 0) is 16.8 Å². The van der Waals surface area contributed by atoms with Gasteiger partial charge in [0.25, 0.3) is 5.91 Å². The predicted octanol–water partition coefficient (Wildman–Crippen LogP) is 7.56. The first-order chi connectivity index (χ1) is 18.6. The number of carbonyl (C=O) groups is 2. The lowest BCUT2D eigenvalue weighted by molar-refractivity contribution is -0.130. The molecular weight excluding hydrogens is 514 g/mol. The smallest absolute Gasteiger partial charge is 0.290 e. The highest BCUT2D eigenvalue weighted by atomic mass is 35.5. The Kier molecular flexibility index (Phi) is 7.00. The van der Waals surface area contributed by atoms with Gasteiger partial charge in [-0.1, -0.05) is 68.8 Å². The summed E-state index contributed by atoms with van der Waals surface area (Å²) in [5.74, 6) is -0.983. The zero-order valence-corrected chi connectivity index (χ0v) is 23.1. The largest absolute Gasteiger partial charge is 0.503 e.